The predicted molar refractivity (Wildman–Crippen MR) is 97.3 cm³/mol. The van der Waals surface area contributed by atoms with E-state index in [1.807, 2.05) is 0 Å². The van der Waals surface area contributed by atoms with Gasteiger partial charge in [0.25, 0.3) is 5.89 Å². The van der Waals surface area contributed by atoms with Crippen LogP contribution in [0.5, 0.6) is 5.75 Å². The smallest absolute Gasteiger partial charge is 0.360 e. The Morgan fingerprint density at radius 3 is 2.63 bits per heavy atom. The van der Waals surface area contributed by atoms with Crippen LogP contribution in [-0.2, 0) is 11.3 Å². The highest BCUT2D eigenvalue weighted by molar-refractivity contribution is 5.86. The number of hydrogen-bond acceptors (Lipinski definition) is 8. The molecule has 30 heavy (non-hydrogen) atoms. The van der Waals surface area contributed by atoms with Crippen molar-refractivity contribution in [1.82, 2.24) is 15.1 Å². The normalized spacial score (nSPS) is 10.8. The molecule has 0 unspecified atom stereocenters. The number of hydrogen-bond donors (Lipinski definition) is 0. The molecule has 0 fully saturated rings. The molecule has 0 saturated carbocycles. The van der Waals surface area contributed by atoms with Gasteiger partial charge in [-0.1, -0.05) is 5.16 Å². The zero-order chi connectivity index (χ0) is 21.1. The Bertz CT molecular complexity index is 1190. The summed E-state index contributed by atoms with van der Waals surface area (Å²) in [6.45, 7) is 0.00649. The minimum absolute atomic E-state index is 0.00649. The van der Waals surface area contributed by atoms with Gasteiger partial charge in [0.2, 0.25) is 11.7 Å². The van der Waals surface area contributed by atoms with Crippen molar-refractivity contribution < 1.29 is 32.0 Å². The minimum Gasteiger partial charge on any atom is -0.484 e. The monoisotopic (exact) mass is 413 g/mol. The summed E-state index contributed by atoms with van der Waals surface area (Å²) in [5.74, 6) is -1.21. The quantitative estimate of drug-likeness (QED) is 0.437. The number of ether oxygens (including phenoxy) is 2. The third kappa shape index (κ3) is 4.02. The van der Waals surface area contributed by atoms with Crippen LogP contribution in [0.4, 0.5) is 8.78 Å². The summed E-state index contributed by atoms with van der Waals surface area (Å²) < 4.78 is 47.2. The lowest BCUT2D eigenvalue weighted by Crippen LogP contribution is -2.02. The van der Waals surface area contributed by atoms with Gasteiger partial charge >= 0.3 is 5.97 Å². The van der Waals surface area contributed by atoms with Crippen LogP contribution < -0.4 is 4.74 Å². The average molecular weight is 413 g/mol. The van der Waals surface area contributed by atoms with Crippen molar-refractivity contribution in [3.05, 3.63) is 71.9 Å². The first-order valence-corrected chi connectivity index (χ1v) is 8.58. The van der Waals surface area contributed by atoms with E-state index in [2.05, 4.69) is 19.9 Å². The molecular formula is C20H13F2N3O5. The van der Waals surface area contributed by atoms with Crippen molar-refractivity contribution in [3.8, 4) is 28.6 Å². The zero-order valence-corrected chi connectivity index (χ0v) is 15.5. The zero-order valence-electron chi connectivity index (χ0n) is 15.5. The van der Waals surface area contributed by atoms with Crippen LogP contribution in [0.2, 0.25) is 0 Å². The Hall–Kier alpha value is -4.08. The fourth-order valence-corrected chi connectivity index (χ4v) is 2.53. The summed E-state index contributed by atoms with van der Waals surface area (Å²) in [5, 5.41) is 3.82. The van der Waals surface area contributed by atoms with E-state index in [0.717, 1.165) is 12.1 Å². The number of methoxy groups -OCH3 is 1. The lowest BCUT2D eigenvalue weighted by molar-refractivity contribution is 0.0594. The van der Waals surface area contributed by atoms with Gasteiger partial charge in [-0.2, -0.15) is 4.98 Å². The third-order valence-corrected chi connectivity index (χ3v) is 4.01. The number of nitrogens with zero attached hydrogens (tertiary/aromatic N) is 3. The number of halogens is 2. The molecule has 0 amide bonds. The maximum Gasteiger partial charge on any atom is 0.360 e. The molecule has 0 bridgehead atoms. The molecule has 0 aliphatic carbocycles. The average Bonchev–Trinajstić information content (AvgIpc) is 3.42. The fourth-order valence-electron chi connectivity index (χ4n) is 2.53. The highest BCUT2D eigenvalue weighted by Gasteiger charge is 2.16. The largest absolute Gasteiger partial charge is 0.484 e. The van der Waals surface area contributed by atoms with E-state index >= 15 is 0 Å². The molecule has 0 spiro atoms. The molecule has 4 rings (SSSR count). The molecule has 152 valence electrons. The highest BCUT2D eigenvalue weighted by Crippen LogP contribution is 2.26. The van der Waals surface area contributed by atoms with Crippen molar-refractivity contribution in [2.75, 3.05) is 7.11 Å². The van der Waals surface area contributed by atoms with Gasteiger partial charge < -0.3 is 18.4 Å². The first kappa shape index (κ1) is 19.2. The predicted octanol–water partition coefficient (Wildman–Crippen LogP) is 4.04. The Morgan fingerprint density at radius 2 is 1.90 bits per heavy atom. The Morgan fingerprint density at radius 1 is 1.10 bits per heavy atom. The van der Waals surface area contributed by atoms with Crippen molar-refractivity contribution >= 4 is 5.97 Å². The number of rotatable bonds is 6. The number of carbonyl (C=O) groups excluding carboxylic acids is 1. The van der Waals surface area contributed by atoms with Gasteiger partial charge in [0.1, 0.15) is 23.6 Å². The van der Waals surface area contributed by atoms with Crippen LogP contribution in [0.3, 0.4) is 0 Å². The van der Waals surface area contributed by atoms with E-state index in [1.165, 1.54) is 19.4 Å². The number of carbonyl (C=O) groups is 1. The van der Waals surface area contributed by atoms with Crippen LogP contribution in [0, 0.1) is 11.6 Å². The van der Waals surface area contributed by atoms with E-state index in [1.54, 1.807) is 24.3 Å². The van der Waals surface area contributed by atoms with Crippen molar-refractivity contribution in [2.45, 2.75) is 6.61 Å². The summed E-state index contributed by atoms with van der Waals surface area (Å²) in [5.41, 5.74) is 0.660. The molecule has 0 aliphatic heterocycles. The second-order valence-corrected chi connectivity index (χ2v) is 5.98. The SMILES string of the molecule is COC(=O)c1coc(COc2ccc(-c3noc(-c4ccc(F)cc4F)n3)cc2)n1. The maximum absolute atomic E-state index is 13.9. The van der Waals surface area contributed by atoms with E-state index in [9.17, 15) is 13.6 Å². The number of esters is 1. The van der Waals surface area contributed by atoms with Crippen molar-refractivity contribution in [3.63, 3.8) is 0 Å². The molecular weight excluding hydrogens is 400 g/mol. The van der Waals surface area contributed by atoms with Crippen LogP contribution in [0.25, 0.3) is 22.8 Å². The standard InChI is InChI=1S/C20H13F2N3O5/c1-27-20(26)16-9-29-17(23-16)10-28-13-5-2-11(3-6-13)18-24-19(30-25-18)14-7-4-12(21)8-15(14)22/h2-9H,10H2,1H3. The molecule has 2 heterocycles. The Balaban J connectivity index is 1.43. The molecule has 0 aliphatic rings. The van der Waals surface area contributed by atoms with Gasteiger partial charge in [0.15, 0.2) is 12.3 Å². The summed E-state index contributed by atoms with van der Waals surface area (Å²) in [7, 11) is 1.25. The number of aromatic nitrogens is 3. The molecule has 0 N–H and O–H groups in total. The van der Waals surface area contributed by atoms with E-state index in [0.29, 0.717) is 11.3 Å². The van der Waals surface area contributed by atoms with Gasteiger partial charge in [-0.25, -0.2) is 18.6 Å². The maximum atomic E-state index is 13.9. The van der Waals surface area contributed by atoms with E-state index < -0.39 is 17.6 Å². The summed E-state index contributed by atoms with van der Waals surface area (Å²) in [6.07, 6.45) is 1.19. The fraction of sp³-hybridized carbons (Fsp3) is 0.100. The van der Waals surface area contributed by atoms with Crippen molar-refractivity contribution in [2.24, 2.45) is 0 Å². The minimum atomic E-state index is -0.796. The lowest BCUT2D eigenvalue weighted by Gasteiger charge is -2.03. The van der Waals surface area contributed by atoms with Crippen molar-refractivity contribution in [1.29, 1.82) is 0 Å². The third-order valence-electron chi connectivity index (χ3n) is 4.01. The first-order valence-electron chi connectivity index (χ1n) is 8.58. The van der Waals surface area contributed by atoms with Gasteiger partial charge in [0.05, 0.1) is 12.7 Å². The second-order valence-electron chi connectivity index (χ2n) is 5.98. The molecule has 0 radical (unpaired) electrons. The topological polar surface area (TPSA) is 100 Å². The van der Waals surface area contributed by atoms with Gasteiger partial charge in [-0.3, -0.25) is 0 Å². The molecule has 10 heteroatoms. The summed E-state index contributed by atoms with van der Waals surface area (Å²) >= 11 is 0. The van der Waals surface area contributed by atoms with Crippen LogP contribution in [0.15, 0.2) is 57.7 Å². The molecule has 8 nitrogen and oxygen atoms in total. The molecule has 4 aromatic rings. The summed E-state index contributed by atoms with van der Waals surface area (Å²) in [4.78, 5) is 19.5. The van der Waals surface area contributed by atoms with E-state index in [-0.39, 0.29) is 35.5 Å². The Kier molecular flexibility index (Phi) is 5.21. The number of oxazole rings is 1. The van der Waals surface area contributed by atoms with Crippen LogP contribution >= 0.6 is 0 Å². The van der Waals surface area contributed by atoms with Crippen LogP contribution in [-0.4, -0.2) is 28.2 Å². The van der Waals surface area contributed by atoms with Crippen LogP contribution in [0.1, 0.15) is 16.4 Å². The van der Waals surface area contributed by atoms with E-state index in [4.69, 9.17) is 13.7 Å². The van der Waals surface area contributed by atoms with Gasteiger partial charge in [-0.05, 0) is 36.4 Å². The number of benzene rings is 2. The Labute approximate surface area is 168 Å². The first-order chi connectivity index (χ1) is 14.5. The van der Waals surface area contributed by atoms with Gasteiger partial charge in [0, 0.05) is 11.6 Å². The second kappa shape index (κ2) is 8.11. The molecule has 2 aromatic heterocycles. The summed E-state index contributed by atoms with van der Waals surface area (Å²) in [6, 6.07) is 9.76. The molecule has 0 atom stereocenters. The van der Waals surface area contributed by atoms with Gasteiger partial charge in [-0.15, -0.1) is 0 Å². The lowest BCUT2D eigenvalue weighted by atomic mass is 10.2. The molecule has 0 saturated heterocycles. The molecule has 2 aromatic carbocycles. The highest BCUT2D eigenvalue weighted by atomic mass is 19.1.